The first-order valence-electron chi connectivity index (χ1n) is 10.6. The summed E-state index contributed by atoms with van der Waals surface area (Å²) in [6.07, 6.45) is 5.44. The molecule has 3 aliphatic rings. The Balaban J connectivity index is 1.46. The molecule has 0 spiro atoms. The standard InChI is InChI=1S/C20H37N3O4/c1-22(2)9-3-8-21-20(25)10-17-6-7-18-19(27-17)14-26-13-16(24)12-23(18)11-15-4-5-15/h15-19,24H,3-14H2,1-2H3,(H,21,25)/t16-,17+,18-,19+/m1/s1. The zero-order chi connectivity index (χ0) is 19.2. The molecule has 27 heavy (non-hydrogen) atoms. The van der Waals surface area contributed by atoms with Gasteiger partial charge < -0.3 is 24.8 Å². The van der Waals surface area contributed by atoms with E-state index in [4.69, 9.17) is 9.47 Å². The van der Waals surface area contributed by atoms with Crippen molar-refractivity contribution in [1.29, 1.82) is 0 Å². The van der Waals surface area contributed by atoms with E-state index < -0.39 is 6.10 Å². The molecule has 0 unspecified atom stereocenters. The SMILES string of the molecule is CN(C)CCCNC(=O)C[C@@H]1CC[C@@H]2[C@H](COC[C@H](O)CN2CC2CC2)O1. The monoisotopic (exact) mass is 383 g/mol. The Bertz CT molecular complexity index is 472. The third-order valence-electron chi connectivity index (χ3n) is 5.79. The second-order valence-corrected chi connectivity index (χ2v) is 8.74. The lowest BCUT2D eigenvalue weighted by Crippen LogP contribution is -2.56. The Morgan fingerprint density at radius 2 is 2.04 bits per heavy atom. The summed E-state index contributed by atoms with van der Waals surface area (Å²) in [6.45, 7) is 4.28. The predicted molar refractivity (Wildman–Crippen MR) is 104 cm³/mol. The van der Waals surface area contributed by atoms with Crippen molar-refractivity contribution in [3.63, 3.8) is 0 Å². The zero-order valence-electron chi connectivity index (χ0n) is 16.9. The smallest absolute Gasteiger partial charge is 0.222 e. The van der Waals surface area contributed by atoms with Crippen molar-refractivity contribution < 1.29 is 19.4 Å². The summed E-state index contributed by atoms with van der Waals surface area (Å²) < 4.78 is 12.0. The van der Waals surface area contributed by atoms with E-state index in [0.29, 0.717) is 38.8 Å². The molecule has 3 fully saturated rings. The van der Waals surface area contributed by atoms with E-state index in [1.807, 2.05) is 14.1 Å². The Labute approximate surface area is 163 Å². The van der Waals surface area contributed by atoms with Gasteiger partial charge in [-0.3, -0.25) is 9.69 Å². The van der Waals surface area contributed by atoms with Gasteiger partial charge in [0.1, 0.15) is 0 Å². The normalized spacial score (nSPS) is 32.6. The van der Waals surface area contributed by atoms with Crippen molar-refractivity contribution in [3.8, 4) is 0 Å². The van der Waals surface area contributed by atoms with Crippen LogP contribution in [0.5, 0.6) is 0 Å². The van der Waals surface area contributed by atoms with Crippen LogP contribution < -0.4 is 5.32 Å². The fourth-order valence-corrected chi connectivity index (χ4v) is 4.19. The number of fused-ring (bicyclic) bond motifs is 1. The number of nitrogens with one attached hydrogen (secondary N) is 1. The maximum atomic E-state index is 12.2. The maximum absolute atomic E-state index is 12.2. The van der Waals surface area contributed by atoms with Crippen LogP contribution in [-0.2, 0) is 14.3 Å². The highest BCUT2D eigenvalue weighted by Gasteiger charge is 2.39. The Kier molecular flexibility index (Phi) is 7.90. The average Bonchev–Trinajstić information content (AvgIpc) is 3.41. The molecule has 0 aromatic heterocycles. The molecule has 1 amide bonds. The van der Waals surface area contributed by atoms with E-state index in [0.717, 1.165) is 38.3 Å². The van der Waals surface area contributed by atoms with Gasteiger partial charge in [0, 0.05) is 25.7 Å². The largest absolute Gasteiger partial charge is 0.389 e. The van der Waals surface area contributed by atoms with Gasteiger partial charge >= 0.3 is 0 Å². The molecular formula is C20H37N3O4. The van der Waals surface area contributed by atoms with Gasteiger partial charge in [0.15, 0.2) is 0 Å². The Morgan fingerprint density at radius 1 is 1.22 bits per heavy atom. The number of aliphatic hydroxyl groups excluding tert-OH is 1. The third-order valence-corrected chi connectivity index (χ3v) is 5.79. The number of nitrogens with zero attached hydrogens (tertiary/aromatic N) is 2. The lowest BCUT2D eigenvalue weighted by atomic mass is 9.94. The Hall–Kier alpha value is -0.730. The highest BCUT2D eigenvalue weighted by molar-refractivity contribution is 5.76. The molecule has 0 radical (unpaired) electrons. The molecule has 0 aromatic carbocycles. The van der Waals surface area contributed by atoms with Crippen LogP contribution >= 0.6 is 0 Å². The van der Waals surface area contributed by atoms with Crippen molar-refractivity contribution >= 4 is 5.91 Å². The average molecular weight is 384 g/mol. The van der Waals surface area contributed by atoms with Gasteiger partial charge in [-0.05, 0) is 58.7 Å². The van der Waals surface area contributed by atoms with Crippen LogP contribution in [0.25, 0.3) is 0 Å². The summed E-state index contributed by atoms with van der Waals surface area (Å²) in [6, 6.07) is 0.292. The topological polar surface area (TPSA) is 74.3 Å². The fraction of sp³-hybridized carbons (Fsp3) is 0.950. The van der Waals surface area contributed by atoms with E-state index in [1.165, 1.54) is 12.8 Å². The zero-order valence-corrected chi connectivity index (χ0v) is 16.9. The van der Waals surface area contributed by atoms with Gasteiger partial charge in [-0.2, -0.15) is 0 Å². The van der Waals surface area contributed by atoms with Crippen LogP contribution in [0.1, 0.15) is 38.5 Å². The van der Waals surface area contributed by atoms with Crippen LogP contribution in [0.3, 0.4) is 0 Å². The van der Waals surface area contributed by atoms with Gasteiger partial charge in [0.05, 0.1) is 37.9 Å². The number of rotatable bonds is 8. The maximum Gasteiger partial charge on any atom is 0.222 e. The van der Waals surface area contributed by atoms with Crippen molar-refractivity contribution in [2.45, 2.75) is 62.9 Å². The number of carbonyl (C=O) groups is 1. The lowest BCUT2D eigenvalue weighted by Gasteiger charge is -2.44. The molecule has 2 aliphatic heterocycles. The summed E-state index contributed by atoms with van der Waals surface area (Å²) in [5, 5.41) is 13.2. The molecule has 0 aromatic rings. The van der Waals surface area contributed by atoms with Crippen molar-refractivity contribution in [2.24, 2.45) is 5.92 Å². The van der Waals surface area contributed by atoms with Gasteiger partial charge in [0.25, 0.3) is 0 Å². The predicted octanol–water partition coefficient (Wildman–Crippen LogP) is 0.464. The summed E-state index contributed by atoms with van der Waals surface area (Å²) >= 11 is 0. The van der Waals surface area contributed by atoms with E-state index in [-0.39, 0.29) is 18.1 Å². The van der Waals surface area contributed by atoms with E-state index >= 15 is 0 Å². The van der Waals surface area contributed by atoms with E-state index in [2.05, 4.69) is 15.1 Å². The molecule has 2 heterocycles. The number of hydrogen-bond acceptors (Lipinski definition) is 6. The van der Waals surface area contributed by atoms with Crippen LogP contribution in [0.2, 0.25) is 0 Å². The minimum atomic E-state index is -0.421. The van der Waals surface area contributed by atoms with E-state index in [9.17, 15) is 9.90 Å². The van der Waals surface area contributed by atoms with Crippen LogP contribution in [0.15, 0.2) is 0 Å². The number of carbonyl (C=O) groups excluding carboxylic acids is 1. The highest BCUT2D eigenvalue weighted by Crippen LogP contribution is 2.34. The molecule has 4 atom stereocenters. The minimum absolute atomic E-state index is 0.00320. The first-order valence-corrected chi connectivity index (χ1v) is 10.6. The molecule has 7 nitrogen and oxygen atoms in total. The second kappa shape index (κ2) is 10.2. The number of aliphatic hydroxyl groups is 1. The number of β-amino-alcohol motifs (C(OH)–C–C–N with tert-alkyl or cyclic N) is 1. The molecule has 3 rings (SSSR count). The van der Waals surface area contributed by atoms with Gasteiger partial charge in [-0.1, -0.05) is 0 Å². The van der Waals surface area contributed by atoms with Crippen molar-refractivity contribution in [2.75, 3.05) is 53.5 Å². The number of amides is 1. The second-order valence-electron chi connectivity index (χ2n) is 8.74. The fourth-order valence-electron chi connectivity index (χ4n) is 4.19. The van der Waals surface area contributed by atoms with Gasteiger partial charge in [0.2, 0.25) is 5.91 Å². The first kappa shape index (κ1) is 21.0. The quantitative estimate of drug-likeness (QED) is 0.594. The van der Waals surface area contributed by atoms with Crippen molar-refractivity contribution in [1.82, 2.24) is 15.1 Å². The molecule has 1 aliphatic carbocycles. The molecule has 1 saturated carbocycles. The molecular weight excluding hydrogens is 346 g/mol. The number of ether oxygens (including phenoxy) is 2. The van der Waals surface area contributed by atoms with E-state index in [1.54, 1.807) is 0 Å². The number of hydrogen-bond donors (Lipinski definition) is 2. The summed E-state index contributed by atoms with van der Waals surface area (Å²) in [5.41, 5.74) is 0. The van der Waals surface area contributed by atoms with Gasteiger partial charge in [-0.25, -0.2) is 0 Å². The third kappa shape index (κ3) is 6.98. The van der Waals surface area contributed by atoms with Gasteiger partial charge in [-0.15, -0.1) is 0 Å². The molecule has 2 saturated heterocycles. The van der Waals surface area contributed by atoms with Crippen LogP contribution in [0.4, 0.5) is 0 Å². The molecule has 0 bridgehead atoms. The highest BCUT2D eigenvalue weighted by atomic mass is 16.5. The first-order chi connectivity index (χ1) is 13.0. The Morgan fingerprint density at radius 3 is 2.78 bits per heavy atom. The summed E-state index contributed by atoms with van der Waals surface area (Å²) in [7, 11) is 4.08. The minimum Gasteiger partial charge on any atom is -0.389 e. The summed E-state index contributed by atoms with van der Waals surface area (Å²) in [5.74, 6) is 0.859. The molecule has 2 N–H and O–H groups in total. The van der Waals surface area contributed by atoms with Crippen molar-refractivity contribution in [3.05, 3.63) is 0 Å². The molecule has 7 heteroatoms. The lowest BCUT2D eigenvalue weighted by molar-refractivity contribution is -0.157. The summed E-state index contributed by atoms with van der Waals surface area (Å²) in [4.78, 5) is 16.8. The van der Waals surface area contributed by atoms with Crippen LogP contribution in [-0.4, -0.2) is 98.7 Å². The van der Waals surface area contributed by atoms with Crippen LogP contribution in [0, 0.1) is 5.92 Å². The molecule has 156 valence electrons.